The Kier molecular flexibility index (Phi) is 5.14. The highest BCUT2D eigenvalue weighted by Gasteiger charge is 2.63. The molecule has 3 N–H and O–H groups in total. The second-order valence-electron chi connectivity index (χ2n) is 8.49. The van der Waals surface area contributed by atoms with Crippen LogP contribution in [0, 0.1) is 0 Å². The first-order chi connectivity index (χ1) is 13.9. The number of carbonyl (C=O) groups is 3. The van der Waals surface area contributed by atoms with Crippen molar-refractivity contribution in [2.45, 2.75) is 58.7 Å². The minimum atomic E-state index is -1.90. The van der Waals surface area contributed by atoms with E-state index in [0.717, 1.165) is 0 Å². The highest BCUT2D eigenvalue weighted by Crippen LogP contribution is 2.52. The summed E-state index contributed by atoms with van der Waals surface area (Å²) in [5.74, 6) is -2.45. The van der Waals surface area contributed by atoms with Crippen LogP contribution in [0.3, 0.4) is 0 Å². The summed E-state index contributed by atoms with van der Waals surface area (Å²) in [6, 6.07) is 6.78. The van der Waals surface area contributed by atoms with Gasteiger partial charge in [0.25, 0.3) is 0 Å². The summed E-state index contributed by atoms with van der Waals surface area (Å²) in [5, 5.41) is 2.93. The molecule has 2 heterocycles. The van der Waals surface area contributed by atoms with Gasteiger partial charge in [-0.1, -0.05) is 18.2 Å². The number of para-hydroxylation sites is 1. The van der Waals surface area contributed by atoms with Crippen molar-refractivity contribution in [3.63, 3.8) is 0 Å². The molecular formula is C22H26N2O6. The SMILES string of the molecule is CC1=C(C(=O)OC(C)(C)C)[C@]2(C(=O)O1)C(C(=O)OC(C)C)=C(N)Nc1ccccc12. The molecular weight excluding hydrogens is 388 g/mol. The first kappa shape index (κ1) is 21.4. The molecule has 30 heavy (non-hydrogen) atoms. The maximum atomic E-state index is 13.4. The molecule has 2 aliphatic rings. The van der Waals surface area contributed by atoms with Crippen LogP contribution in [-0.4, -0.2) is 29.6 Å². The molecule has 0 unspecified atom stereocenters. The normalized spacial score (nSPS) is 20.8. The molecule has 0 saturated carbocycles. The van der Waals surface area contributed by atoms with E-state index in [4.69, 9.17) is 19.9 Å². The molecule has 8 nitrogen and oxygen atoms in total. The smallest absolute Gasteiger partial charge is 0.339 e. The summed E-state index contributed by atoms with van der Waals surface area (Å²) in [6.07, 6.45) is -0.473. The van der Waals surface area contributed by atoms with Gasteiger partial charge < -0.3 is 25.3 Å². The number of anilines is 1. The lowest BCUT2D eigenvalue weighted by molar-refractivity contribution is -0.152. The van der Waals surface area contributed by atoms with Gasteiger partial charge in [0.1, 0.15) is 28.3 Å². The minimum absolute atomic E-state index is 0.0496. The Hall–Kier alpha value is -3.29. The highest BCUT2D eigenvalue weighted by molar-refractivity contribution is 6.16. The van der Waals surface area contributed by atoms with Crippen LogP contribution in [0.1, 0.15) is 47.1 Å². The van der Waals surface area contributed by atoms with Gasteiger partial charge in [-0.05, 0) is 47.6 Å². The van der Waals surface area contributed by atoms with Gasteiger partial charge >= 0.3 is 17.9 Å². The summed E-state index contributed by atoms with van der Waals surface area (Å²) < 4.78 is 16.3. The predicted molar refractivity (Wildman–Crippen MR) is 109 cm³/mol. The lowest BCUT2D eigenvalue weighted by atomic mass is 9.67. The number of cyclic esters (lactones) is 1. The number of nitrogens with one attached hydrogen (secondary N) is 1. The molecule has 3 rings (SSSR count). The van der Waals surface area contributed by atoms with Crippen LogP contribution in [0.25, 0.3) is 0 Å². The molecule has 2 aliphatic heterocycles. The van der Waals surface area contributed by atoms with Crippen molar-refractivity contribution < 1.29 is 28.6 Å². The Morgan fingerprint density at radius 3 is 2.37 bits per heavy atom. The molecule has 160 valence electrons. The third-order valence-corrected chi connectivity index (χ3v) is 4.67. The van der Waals surface area contributed by atoms with Crippen molar-refractivity contribution in [1.82, 2.24) is 0 Å². The lowest BCUT2D eigenvalue weighted by Crippen LogP contribution is -2.48. The number of fused-ring (bicyclic) bond motifs is 2. The molecule has 0 radical (unpaired) electrons. The van der Waals surface area contributed by atoms with E-state index in [1.165, 1.54) is 6.92 Å². The van der Waals surface area contributed by atoms with Crippen LogP contribution >= 0.6 is 0 Å². The van der Waals surface area contributed by atoms with Crippen molar-refractivity contribution in [2.24, 2.45) is 5.73 Å². The molecule has 1 aromatic carbocycles. The quantitative estimate of drug-likeness (QED) is 0.573. The number of carbonyl (C=O) groups excluding carboxylic acids is 3. The molecule has 0 amide bonds. The highest BCUT2D eigenvalue weighted by atomic mass is 16.6. The van der Waals surface area contributed by atoms with Crippen molar-refractivity contribution in [1.29, 1.82) is 0 Å². The van der Waals surface area contributed by atoms with Gasteiger partial charge in [0.2, 0.25) is 0 Å². The first-order valence-corrected chi connectivity index (χ1v) is 9.64. The number of nitrogens with two attached hydrogens (primary N) is 1. The standard InChI is InChI=1S/C22H26N2O6/c1-11(2)28-18(25)16-17(23)24-14-10-8-7-9-13(14)22(16)15(12(3)29-20(22)27)19(26)30-21(4,5)6/h7-11,24H,23H2,1-6H3/t22-/m0/s1. The Balaban J connectivity index is 2.33. The molecule has 1 aromatic rings. The number of esters is 3. The summed E-state index contributed by atoms with van der Waals surface area (Å²) >= 11 is 0. The van der Waals surface area contributed by atoms with Crippen LogP contribution in [0.15, 0.2) is 47.0 Å². The van der Waals surface area contributed by atoms with E-state index in [0.29, 0.717) is 11.3 Å². The lowest BCUT2D eigenvalue weighted by Gasteiger charge is -2.36. The summed E-state index contributed by atoms with van der Waals surface area (Å²) in [7, 11) is 0. The third-order valence-electron chi connectivity index (χ3n) is 4.67. The molecule has 1 spiro atoms. The van der Waals surface area contributed by atoms with Gasteiger partial charge in [0.05, 0.1) is 6.10 Å². The van der Waals surface area contributed by atoms with Gasteiger partial charge in [-0.3, -0.25) is 0 Å². The largest absolute Gasteiger partial charge is 0.459 e. The third kappa shape index (κ3) is 3.32. The molecule has 0 bridgehead atoms. The average molecular weight is 414 g/mol. The van der Waals surface area contributed by atoms with Crippen molar-refractivity contribution in [2.75, 3.05) is 5.32 Å². The van der Waals surface area contributed by atoms with Crippen LogP contribution in [-0.2, 0) is 34.0 Å². The van der Waals surface area contributed by atoms with Crippen molar-refractivity contribution >= 4 is 23.6 Å². The minimum Gasteiger partial charge on any atom is -0.459 e. The number of ether oxygens (including phenoxy) is 3. The van der Waals surface area contributed by atoms with Gasteiger partial charge in [-0.2, -0.15) is 0 Å². The van der Waals surface area contributed by atoms with E-state index in [2.05, 4.69) is 5.32 Å². The monoisotopic (exact) mass is 414 g/mol. The van der Waals surface area contributed by atoms with Crippen LogP contribution in [0.5, 0.6) is 0 Å². The van der Waals surface area contributed by atoms with Crippen LogP contribution in [0.4, 0.5) is 5.69 Å². The molecule has 0 aliphatic carbocycles. The number of hydrogen-bond donors (Lipinski definition) is 2. The summed E-state index contributed by atoms with van der Waals surface area (Å²) in [4.78, 5) is 39.7. The van der Waals surface area contributed by atoms with Crippen molar-refractivity contribution in [3.8, 4) is 0 Å². The maximum Gasteiger partial charge on any atom is 0.339 e. The summed E-state index contributed by atoms with van der Waals surface area (Å²) in [5.41, 5.74) is 4.02. The topological polar surface area (TPSA) is 117 Å². The second kappa shape index (κ2) is 7.19. The van der Waals surface area contributed by atoms with E-state index < -0.39 is 35.0 Å². The fourth-order valence-electron chi connectivity index (χ4n) is 3.73. The van der Waals surface area contributed by atoms with E-state index in [1.54, 1.807) is 58.9 Å². The zero-order valence-electron chi connectivity index (χ0n) is 17.9. The molecule has 0 aromatic heterocycles. The summed E-state index contributed by atoms with van der Waals surface area (Å²) in [6.45, 7) is 9.96. The number of hydrogen-bond acceptors (Lipinski definition) is 8. The molecule has 1 atom stereocenters. The number of allylic oxidation sites excluding steroid dienone is 1. The van der Waals surface area contributed by atoms with E-state index in [1.807, 2.05) is 0 Å². The zero-order chi connectivity index (χ0) is 22.4. The van der Waals surface area contributed by atoms with Gasteiger partial charge in [-0.15, -0.1) is 0 Å². The van der Waals surface area contributed by atoms with E-state index in [-0.39, 0.29) is 22.7 Å². The molecule has 0 fully saturated rings. The Morgan fingerprint density at radius 1 is 1.13 bits per heavy atom. The fourth-order valence-corrected chi connectivity index (χ4v) is 3.73. The average Bonchev–Trinajstić information content (AvgIpc) is 2.83. The number of benzene rings is 1. The van der Waals surface area contributed by atoms with Crippen LogP contribution < -0.4 is 11.1 Å². The Morgan fingerprint density at radius 2 is 1.77 bits per heavy atom. The van der Waals surface area contributed by atoms with E-state index in [9.17, 15) is 14.4 Å². The van der Waals surface area contributed by atoms with Gasteiger partial charge in [0.15, 0.2) is 5.41 Å². The number of rotatable bonds is 3. The molecule has 8 heteroatoms. The Labute approximate surface area is 175 Å². The van der Waals surface area contributed by atoms with E-state index >= 15 is 0 Å². The van der Waals surface area contributed by atoms with Crippen molar-refractivity contribution in [3.05, 3.63) is 52.6 Å². The fraction of sp³-hybridized carbons (Fsp3) is 0.409. The predicted octanol–water partition coefficient (Wildman–Crippen LogP) is 2.64. The Bertz CT molecular complexity index is 999. The molecule has 0 saturated heterocycles. The second-order valence-corrected chi connectivity index (χ2v) is 8.49. The van der Waals surface area contributed by atoms with Crippen LogP contribution in [0.2, 0.25) is 0 Å². The van der Waals surface area contributed by atoms with Gasteiger partial charge in [0, 0.05) is 11.3 Å². The van der Waals surface area contributed by atoms with Gasteiger partial charge in [-0.25, -0.2) is 14.4 Å². The first-order valence-electron chi connectivity index (χ1n) is 9.64. The zero-order valence-corrected chi connectivity index (χ0v) is 17.9. The maximum absolute atomic E-state index is 13.4.